The summed E-state index contributed by atoms with van der Waals surface area (Å²) in [5.74, 6) is 0. The van der Waals surface area contributed by atoms with Gasteiger partial charge < -0.3 is 14.2 Å². The second-order valence-electron chi connectivity index (χ2n) is 23.5. The van der Waals surface area contributed by atoms with Gasteiger partial charge in [0.25, 0.3) is 0 Å². The lowest BCUT2D eigenvalue weighted by atomic mass is 9.80. The summed E-state index contributed by atoms with van der Waals surface area (Å²) in [6.45, 7) is 27.2. The summed E-state index contributed by atoms with van der Waals surface area (Å²) >= 11 is 0. The largest absolute Gasteiger partial charge is 0.460 e. The molecule has 0 N–H and O–H groups in total. The maximum Gasteiger partial charge on any atom is 0.326 e. The molecule has 3 saturated heterocycles. The molecule has 4 heterocycles. The average Bonchev–Trinajstić information content (AvgIpc) is 3.13. The molecule has 12 nitrogen and oxygen atoms in total. The molecular weight excluding hydrogens is 757 g/mol. The fourth-order valence-electron chi connectivity index (χ4n) is 12.5. The maximum atomic E-state index is 6.83. The maximum absolute atomic E-state index is 6.83. The molecule has 3 saturated carbocycles. The predicted molar refractivity (Wildman–Crippen MR) is 235 cm³/mol. The highest BCUT2D eigenvalue weighted by Crippen LogP contribution is 2.45. The Hall–Kier alpha value is -1.83. The fourth-order valence-corrected chi connectivity index (χ4v) is 12.5. The fraction of sp³-hybridized carbons (Fsp3) is 0.938. The molecule has 0 radical (unpaired) electrons. The van der Waals surface area contributed by atoms with Crippen molar-refractivity contribution in [2.75, 3.05) is 0 Å². The van der Waals surface area contributed by atoms with Gasteiger partial charge in [0.1, 0.15) is 18.3 Å². The Kier molecular flexibility index (Phi) is 13.8. The first-order valence-corrected chi connectivity index (χ1v) is 24.3. The molecule has 0 unspecified atom stereocenters. The minimum atomic E-state index is -0.259. The van der Waals surface area contributed by atoms with Crippen LogP contribution in [0.25, 0.3) is 0 Å². The summed E-state index contributed by atoms with van der Waals surface area (Å²) in [5.41, 5.74) is -1.55. The summed E-state index contributed by atoms with van der Waals surface area (Å²) in [7, 11) is 0. The first-order chi connectivity index (χ1) is 28.1. The van der Waals surface area contributed by atoms with Gasteiger partial charge in [0.2, 0.25) is 0 Å². The van der Waals surface area contributed by atoms with Crippen LogP contribution in [0.1, 0.15) is 218 Å². The van der Waals surface area contributed by atoms with Crippen molar-refractivity contribution in [3.05, 3.63) is 0 Å². The topological polar surface area (TPSA) is 104 Å². The molecule has 6 fully saturated rings. The monoisotopic (exact) mass is 841 g/mol. The van der Waals surface area contributed by atoms with Crippen molar-refractivity contribution in [2.45, 2.75) is 288 Å². The zero-order valence-corrected chi connectivity index (χ0v) is 39.9. The van der Waals surface area contributed by atoms with Crippen LogP contribution in [-0.4, -0.2) is 100.0 Å². The van der Waals surface area contributed by atoms with E-state index in [2.05, 4.69) is 98.3 Å². The Morgan fingerprint density at radius 3 is 0.717 bits per heavy atom. The van der Waals surface area contributed by atoms with Gasteiger partial charge in [-0.25, -0.2) is 0 Å². The molecule has 342 valence electrons. The van der Waals surface area contributed by atoms with Crippen LogP contribution in [0.15, 0.2) is 0 Å². The van der Waals surface area contributed by atoms with E-state index in [1.54, 1.807) is 0 Å². The van der Waals surface area contributed by atoms with E-state index in [1.807, 2.05) is 0 Å². The number of aromatic nitrogens is 3. The number of ether oxygens (including phenoxy) is 3. The zero-order chi connectivity index (χ0) is 43.1. The molecule has 12 heteroatoms. The van der Waals surface area contributed by atoms with E-state index in [-0.39, 0.29) is 87.9 Å². The van der Waals surface area contributed by atoms with Crippen molar-refractivity contribution in [1.82, 2.24) is 30.1 Å². The molecule has 0 spiro atoms. The molecule has 1 aromatic heterocycles. The van der Waals surface area contributed by atoms with Gasteiger partial charge in [0.15, 0.2) is 0 Å². The molecule has 1 aromatic rings. The second kappa shape index (κ2) is 18.0. The van der Waals surface area contributed by atoms with Gasteiger partial charge in [0.05, 0.1) is 18.3 Å². The van der Waals surface area contributed by atoms with E-state index in [4.69, 9.17) is 43.7 Å². The standard InChI is InChI=1S/C48H84N6O6/c1-43(2)28-37(29-44(3,4)52(43)58-34-22-16-13-17-23-34)55-40-49-41(56-38-30-45(5,6)53(46(7,8)31-38)59-35-24-18-14-19-25-35)51-42(50-40)57-39-32-47(9,10)54(48(11,12)33-39)60-36-26-20-15-21-27-36/h34-39H,13-33H2,1-12H3. The Morgan fingerprint density at radius 1 is 0.317 bits per heavy atom. The average molecular weight is 841 g/mol. The molecule has 0 aromatic carbocycles. The highest BCUT2D eigenvalue weighted by atomic mass is 16.7. The lowest BCUT2D eigenvalue weighted by Crippen LogP contribution is -2.63. The lowest BCUT2D eigenvalue weighted by molar-refractivity contribution is -0.316. The van der Waals surface area contributed by atoms with Crippen LogP contribution >= 0.6 is 0 Å². The van der Waals surface area contributed by atoms with Crippen molar-refractivity contribution in [2.24, 2.45) is 0 Å². The van der Waals surface area contributed by atoms with Gasteiger partial charge in [-0.05, 0) is 122 Å². The highest BCUT2D eigenvalue weighted by molar-refractivity contribution is 5.13. The number of rotatable bonds is 12. The van der Waals surface area contributed by atoms with Gasteiger partial charge in [-0.1, -0.05) is 57.8 Å². The van der Waals surface area contributed by atoms with E-state index in [9.17, 15) is 0 Å². The smallest absolute Gasteiger partial charge is 0.326 e. The SMILES string of the molecule is CC1(C)CC(Oc2nc(OC3CC(C)(C)N(OC4CCCCC4)C(C)(C)C3)nc(OC3CC(C)(C)N(OC4CCCCC4)C(C)(C)C3)n2)CC(C)(C)N1OC1CCCCC1. The summed E-state index contributed by atoms with van der Waals surface area (Å²) < 4.78 is 20.5. The lowest BCUT2D eigenvalue weighted by Gasteiger charge is -2.54. The first kappa shape index (κ1) is 46.2. The van der Waals surface area contributed by atoms with Crippen LogP contribution in [0.3, 0.4) is 0 Å². The Bertz CT molecular complexity index is 1320. The van der Waals surface area contributed by atoms with Gasteiger partial charge in [0, 0.05) is 71.8 Å². The van der Waals surface area contributed by atoms with Crippen molar-refractivity contribution in [3.63, 3.8) is 0 Å². The predicted octanol–water partition coefficient (Wildman–Crippen LogP) is 10.9. The Morgan fingerprint density at radius 2 is 0.517 bits per heavy atom. The van der Waals surface area contributed by atoms with Gasteiger partial charge in [-0.3, -0.25) is 14.5 Å². The van der Waals surface area contributed by atoms with Crippen LogP contribution < -0.4 is 14.2 Å². The van der Waals surface area contributed by atoms with Crippen molar-refractivity contribution in [3.8, 4) is 18.0 Å². The molecule has 0 bridgehead atoms. The molecular formula is C48H84N6O6. The summed E-state index contributed by atoms with van der Waals surface area (Å²) in [4.78, 5) is 35.1. The summed E-state index contributed by atoms with van der Waals surface area (Å²) in [5, 5.41) is 6.82. The van der Waals surface area contributed by atoms with E-state index >= 15 is 0 Å². The number of hydrogen-bond donors (Lipinski definition) is 0. The third-order valence-electron chi connectivity index (χ3n) is 14.5. The molecule has 3 aliphatic heterocycles. The number of hydrogen-bond acceptors (Lipinski definition) is 12. The van der Waals surface area contributed by atoms with Crippen LogP contribution in [0, 0.1) is 0 Å². The number of hydroxylamine groups is 6. The van der Waals surface area contributed by atoms with Crippen LogP contribution in [0.2, 0.25) is 0 Å². The van der Waals surface area contributed by atoms with E-state index in [0.29, 0.717) is 0 Å². The summed E-state index contributed by atoms with van der Waals surface area (Å²) in [6, 6.07) is 0.754. The minimum Gasteiger partial charge on any atom is -0.460 e. The number of nitrogens with zero attached hydrogens (tertiary/aromatic N) is 6. The quantitative estimate of drug-likeness (QED) is 0.200. The normalized spacial score (nSPS) is 29.0. The second-order valence-corrected chi connectivity index (χ2v) is 23.5. The molecule has 7 rings (SSSR count). The van der Waals surface area contributed by atoms with Crippen LogP contribution in [-0.2, 0) is 14.5 Å². The van der Waals surface area contributed by atoms with Crippen LogP contribution in [0.4, 0.5) is 0 Å². The molecule has 6 aliphatic rings. The van der Waals surface area contributed by atoms with Gasteiger partial charge in [-0.2, -0.15) is 15.2 Å². The van der Waals surface area contributed by atoms with E-state index < -0.39 is 0 Å². The third-order valence-corrected chi connectivity index (χ3v) is 14.5. The van der Waals surface area contributed by atoms with E-state index in [0.717, 1.165) is 77.0 Å². The van der Waals surface area contributed by atoms with Crippen LogP contribution in [0.5, 0.6) is 18.0 Å². The van der Waals surface area contributed by atoms with Crippen molar-refractivity contribution < 1.29 is 28.7 Å². The minimum absolute atomic E-state index is 0.139. The molecule has 3 aliphatic carbocycles. The van der Waals surface area contributed by atoms with E-state index in [1.165, 1.54) is 57.8 Å². The molecule has 60 heavy (non-hydrogen) atoms. The van der Waals surface area contributed by atoms with Crippen molar-refractivity contribution >= 4 is 0 Å². The van der Waals surface area contributed by atoms with Gasteiger partial charge >= 0.3 is 18.0 Å². The summed E-state index contributed by atoms with van der Waals surface area (Å²) in [6.07, 6.45) is 23.1. The first-order valence-electron chi connectivity index (χ1n) is 24.3. The Labute approximate surface area is 363 Å². The third kappa shape index (κ3) is 11.1. The Balaban J connectivity index is 1.11. The zero-order valence-electron chi connectivity index (χ0n) is 39.9. The number of piperidine rings is 3. The van der Waals surface area contributed by atoms with Crippen molar-refractivity contribution in [1.29, 1.82) is 0 Å². The van der Waals surface area contributed by atoms with Gasteiger partial charge in [-0.15, -0.1) is 15.0 Å². The highest BCUT2D eigenvalue weighted by Gasteiger charge is 2.51. The molecule has 0 atom stereocenters. The molecule has 0 amide bonds.